The van der Waals surface area contributed by atoms with Gasteiger partial charge in [-0.3, -0.25) is 19.9 Å². The number of hydrogen-bond acceptors (Lipinski definition) is 4. The van der Waals surface area contributed by atoms with E-state index in [1.54, 1.807) is 0 Å². The summed E-state index contributed by atoms with van der Waals surface area (Å²) in [6, 6.07) is 17.8. The van der Waals surface area contributed by atoms with E-state index in [9.17, 15) is 0 Å². The molecule has 0 aliphatic rings. The smallest absolute Gasteiger partial charge is 0.0725 e. The van der Waals surface area contributed by atoms with Crippen LogP contribution < -0.4 is 0 Å². The standard InChI is InChI=1S/C32H16N6/c1-5-33-13-27-19(1)23-9-17(10-24-20-2-6-34-14-28(20)37(27)31(23)24)18-11-25-21-3-7-35-15-29(21)38-30-16-36-8-4-22(30)26(12-18)32(25)38/h1-16H. The molecular formula is C32H16N6. The minimum absolute atomic E-state index is 1.11. The zero-order valence-electron chi connectivity index (χ0n) is 19.9. The molecular weight excluding hydrogens is 468 g/mol. The first-order chi connectivity index (χ1) is 18.9. The van der Waals surface area contributed by atoms with Gasteiger partial charge in [0.1, 0.15) is 0 Å². The lowest BCUT2D eigenvalue weighted by Gasteiger charge is -2.06. The van der Waals surface area contributed by atoms with Crippen molar-refractivity contribution < 1.29 is 0 Å². The van der Waals surface area contributed by atoms with Crippen molar-refractivity contribution in [3.8, 4) is 11.1 Å². The molecule has 6 nitrogen and oxygen atoms in total. The molecule has 0 saturated heterocycles. The average molecular weight is 485 g/mol. The SMILES string of the molecule is c1cc2c3cc(-c4cc5c6ccncc6n6c7cnccc7c(c4)c56)cc4c5ccncc5n(c2cn1)c34. The second kappa shape index (κ2) is 6.30. The predicted octanol–water partition coefficient (Wildman–Crippen LogP) is 7.23. The first-order valence-corrected chi connectivity index (χ1v) is 12.6. The Morgan fingerprint density at radius 3 is 0.947 bits per heavy atom. The third kappa shape index (κ3) is 2.05. The molecule has 0 atom stereocenters. The molecule has 8 heterocycles. The molecule has 6 heteroatoms. The van der Waals surface area contributed by atoms with Crippen molar-refractivity contribution in [1.29, 1.82) is 0 Å². The Bertz CT molecular complexity index is 2220. The van der Waals surface area contributed by atoms with Crippen LogP contribution in [0.25, 0.3) is 87.3 Å². The second-order valence-corrected chi connectivity index (χ2v) is 10.1. The molecule has 0 fully saturated rings. The molecule has 2 aromatic carbocycles. The van der Waals surface area contributed by atoms with E-state index in [1.165, 1.54) is 65.3 Å². The highest BCUT2D eigenvalue weighted by Crippen LogP contribution is 2.44. The Balaban J connectivity index is 1.41. The highest BCUT2D eigenvalue weighted by atomic mass is 14.9. The van der Waals surface area contributed by atoms with E-state index in [-0.39, 0.29) is 0 Å². The first-order valence-electron chi connectivity index (χ1n) is 12.6. The van der Waals surface area contributed by atoms with Crippen molar-refractivity contribution in [3.05, 3.63) is 98.1 Å². The number of pyridine rings is 4. The Morgan fingerprint density at radius 2 is 0.658 bits per heavy atom. The minimum atomic E-state index is 1.11. The minimum Gasteiger partial charge on any atom is -0.305 e. The molecule has 0 spiro atoms. The van der Waals surface area contributed by atoms with Gasteiger partial charge in [-0.05, 0) is 59.7 Å². The summed E-state index contributed by atoms with van der Waals surface area (Å²) in [6.45, 7) is 0. The van der Waals surface area contributed by atoms with E-state index < -0.39 is 0 Å². The molecule has 0 N–H and O–H groups in total. The monoisotopic (exact) mass is 484 g/mol. The first kappa shape index (κ1) is 18.8. The van der Waals surface area contributed by atoms with Crippen LogP contribution in [0.15, 0.2) is 98.1 Å². The third-order valence-corrected chi connectivity index (χ3v) is 8.32. The van der Waals surface area contributed by atoms with Crippen molar-refractivity contribution in [1.82, 2.24) is 28.7 Å². The van der Waals surface area contributed by atoms with Gasteiger partial charge in [-0.2, -0.15) is 0 Å². The fraction of sp³-hybridized carbons (Fsp3) is 0. The highest BCUT2D eigenvalue weighted by molar-refractivity contribution is 6.26. The van der Waals surface area contributed by atoms with Gasteiger partial charge >= 0.3 is 0 Å². The molecule has 0 bridgehead atoms. The largest absolute Gasteiger partial charge is 0.305 e. The summed E-state index contributed by atoms with van der Waals surface area (Å²) in [5.74, 6) is 0. The Hall–Kier alpha value is -5.36. The van der Waals surface area contributed by atoms with Gasteiger partial charge in [0.15, 0.2) is 0 Å². The van der Waals surface area contributed by atoms with Gasteiger partial charge in [0.25, 0.3) is 0 Å². The fourth-order valence-electron chi connectivity index (χ4n) is 6.81. The van der Waals surface area contributed by atoms with Crippen LogP contribution >= 0.6 is 0 Å². The lowest BCUT2D eigenvalue weighted by atomic mass is 9.96. The van der Waals surface area contributed by atoms with Crippen LogP contribution in [0.4, 0.5) is 0 Å². The predicted molar refractivity (Wildman–Crippen MR) is 152 cm³/mol. The second-order valence-electron chi connectivity index (χ2n) is 10.1. The van der Waals surface area contributed by atoms with Crippen LogP contribution in [0.3, 0.4) is 0 Å². The van der Waals surface area contributed by atoms with E-state index in [4.69, 9.17) is 0 Å². The summed E-state index contributed by atoms with van der Waals surface area (Å²) in [6.07, 6.45) is 15.4. The van der Waals surface area contributed by atoms with E-state index in [0.29, 0.717) is 0 Å². The van der Waals surface area contributed by atoms with Gasteiger partial charge in [0.2, 0.25) is 0 Å². The van der Waals surface area contributed by atoms with Gasteiger partial charge in [0.05, 0.1) is 57.9 Å². The lowest BCUT2D eigenvalue weighted by molar-refractivity contribution is 1.27. The van der Waals surface area contributed by atoms with Gasteiger partial charge in [0, 0.05) is 67.9 Å². The van der Waals surface area contributed by atoms with Crippen molar-refractivity contribution in [3.63, 3.8) is 0 Å². The number of fused-ring (bicyclic) bond motifs is 12. The van der Waals surface area contributed by atoms with Gasteiger partial charge < -0.3 is 8.80 Å². The number of benzene rings is 2. The average Bonchev–Trinajstić information content (AvgIpc) is 3.70. The molecule has 0 saturated carbocycles. The van der Waals surface area contributed by atoms with Crippen LogP contribution in [0.1, 0.15) is 0 Å². The van der Waals surface area contributed by atoms with Crippen LogP contribution in [-0.2, 0) is 0 Å². The molecule has 0 radical (unpaired) electrons. The van der Waals surface area contributed by atoms with Crippen molar-refractivity contribution >= 4 is 76.2 Å². The van der Waals surface area contributed by atoms with Crippen LogP contribution in [0.5, 0.6) is 0 Å². The van der Waals surface area contributed by atoms with Crippen molar-refractivity contribution in [2.75, 3.05) is 0 Å². The van der Waals surface area contributed by atoms with E-state index in [2.05, 4.69) is 77.3 Å². The normalized spacial score (nSPS) is 12.7. The Labute approximate surface area is 214 Å². The molecule has 0 aliphatic carbocycles. The van der Waals surface area contributed by atoms with E-state index in [1.807, 2.05) is 49.6 Å². The molecule has 10 aromatic rings. The summed E-state index contributed by atoms with van der Waals surface area (Å²) < 4.78 is 4.62. The number of aromatic nitrogens is 6. The van der Waals surface area contributed by atoms with E-state index >= 15 is 0 Å². The molecule has 38 heavy (non-hydrogen) atoms. The van der Waals surface area contributed by atoms with E-state index in [0.717, 1.165) is 22.1 Å². The lowest BCUT2D eigenvalue weighted by Crippen LogP contribution is -1.81. The summed E-state index contributed by atoms with van der Waals surface area (Å²) >= 11 is 0. The quantitative estimate of drug-likeness (QED) is 0.247. The fourth-order valence-corrected chi connectivity index (χ4v) is 6.81. The summed E-state index contributed by atoms with van der Waals surface area (Å²) in [7, 11) is 0. The molecule has 0 aliphatic heterocycles. The van der Waals surface area contributed by atoms with Crippen LogP contribution in [-0.4, -0.2) is 28.7 Å². The molecule has 174 valence electrons. The summed E-state index contributed by atoms with van der Waals surface area (Å²) in [4.78, 5) is 17.8. The van der Waals surface area contributed by atoms with Gasteiger partial charge in [-0.25, -0.2) is 0 Å². The van der Waals surface area contributed by atoms with Gasteiger partial charge in [-0.15, -0.1) is 0 Å². The van der Waals surface area contributed by atoms with Crippen molar-refractivity contribution in [2.24, 2.45) is 0 Å². The number of hydrogen-bond donors (Lipinski definition) is 0. The maximum Gasteiger partial charge on any atom is 0.0725 e. The Kier molecular flexibility index (Phi) is 3.13. The van der Waals surface area contributed by atoms with Gasteiger partial charge in [-0.1, -0.05) is 0 Å². The highest BCUT2D eigenvalue weighted by Gasteiger charge is 2.21. The third-order valence-electron chi connectivity index (χ3n) is 8.32. The zero-order chi connectivity index (χ0) is 24.5. The number of rotatable bonds is 1. The Morgan fingerprint density at radius 1 is 0.368 bits per heavy atom. The molecule has 0 unspecified atom stereocenters. The maximum absolute atomic E-state index is 4.45. The van der Waals surface area contributed by atoms with Crippen molar-refractivity contribution in [2.45, 2.75) is 0 Å². The summed E-state index contributed by atoms with van der Waals surface area (Å²) in [5.41, 5.74) is 9.29. The van der Waals surface area contributed by atoms with Crippen LogP contribution in [0, 0.1) is 0 Å². The zero-order valence-corrected chi connectivity index (χ0v) is 19.9. The maximum atomic E-state index is 4.45. The molecule has 10 rings (SSSR count). The molecule has 8 aromatic heterocycles. The summed E-state index contributed by atoms with van der Waals surface area (Å²) in [5, 5.41) is 9.76. The topological polar surface area (TPSA) is 60.4 Å². The molecule has 0 amide bonds. The van der Waals surface area contributed by atoms with Crippen LogP contribution in [0.2, 0.25) is 0 Å². The number of nitrogens with zero attached hydrogens (tertiary/aromatic N) is 6.